The monoisotopic (exact) mass is 462 g/mol. The number of rotatable bonds is 7. The van der Waals surface area contributed by atoms with E-state index in [0.717, 1.165) is 26.0 Å². The lowest BCUT2D eigenvalue weighted by Gasteiger charge is -2.10. The smallest absolute Gasteiger partial charge is 0.250 e. The minimum absolute atomic E-state index is 0.269. The molecule has 1 N–H and O–H groups in total. The van der Waals surface area contributed by atoms with E-state index in [2.05, 4.69) is 26.2 Å². The molecule has 0 unspecified atom stereocenters. The van der Waals surface area contributed by atoms with E-state index >= 15 is 0 Å². The molecule has 0 saturated heterocycles. The van der Waals surface area contributed by atoms with E-state index in [9.17, 15) is 4.79 Å². The molecule has 3 aromatic rings. The summed E-state index contributed by atoms with van der Waals surface area (Å²) in [4.78, 5) is 16.7. The van der Waals surface area contributed by atoms with Crippen molar-refractivity contribution in [2.24, 2.45) is 0 Å². The topological polar surface area (TPSA) is 69.7 Å². The van der Waals surface area contributed by atoms with Crippen LogP contribution < -0.4 is 19.5 Å². The summed E-state index contributed by atoms with van der Waals surface area (Å²) in [6, 6.07) is 9.30. The van der Waals surface area contributed by atoms with Crippen LogP contribution >= 0.6 is 27.3 Å². The average Bonchev–Trinajstić information content (AvgIpc) is 3.07. The van der Waals surface area contributed by atoms with Gasteiger partial charge < -0.3 is 14.2 Å². The highest BCUT2D eigenvalue weighted by Gasteiger charge is 2.10. The number of benzene rings is 2. The van der Waals surface area contributed by atoms with Crippen molar-refractivity contribution in [2.45, 2.75) is 6.92 Å². The van der Waals surface area contributed by atoms with Crippen LogP contribution in [0.25, 0.3) is 16.3 Å². The highest BCUT2D eigenvalue weighted by atomic mass is 79.9. The van der Waals surface area contributed by atoms with E-state index in [1.54, 1.807) is 26.4 Å². The van der Waals surface area contributed by atoms with E-state index in [4.69, 9.17) is 14.2 Å². The van der Waals surface area contributed by atoms with E-state index in [-0.39, 0.29) is 5.91 Å². The van der Waals surface area contributed by atoms with Gasteiger partial charge >= 0.3 is 0 Å². The molecule has 1 amide bonds. The lowest BCUT2D eigenvalue weighted by Crippen LogP contribution is -2.07. The number of hydrogen-bond acceptors (Lipinski definition) is 6. The number of halogens is 1. The predicted octanol–water partition coefficient (Wildman–Crippen LogP) is 5.13. The first-order valence-corrected chi connectivity index (χ1v) is 10.1. The zero-order valence-corrected chi connectivity index (χ0v) is 18.0. The van der Waals surface area contributed by atoms with Gasteiger partial charge in [0.05, 0.1) is 35.5 Å². The molecule has 0 aliphatic carbocycles. The fourth-order valence-corrected chi connectivity index (χ4v) is 4.09. The summed E-state index contributed by atoms with van der Waals surface area (Å²) in [5.74, 6) is 1.70. The minimum atomic E-state index is -0.269. The number of nitrogens with zero attached hydrogens (tertiary/aromatic N) is 1. The lowest BCUT2D eigenvalue weighted by atomic mass is 10.2. The number of fused-ring (bicyclic) bond motifs is 1. The Hall–Kier alpha value is -2.58. The number of thiazole rings is 1. The van der Waals surface area contributed by atoms with Gasteiger partial charge in [-0.05, 0) is 64.8 Å². The molecule has 8 heteroatoms. The van der Waals surface area contributed by atoms with E-state index in [0.29, 0.717) is 23.2 Å². The van der Waals surface area contributed by atoms with E-state index < -0.39 is 0 Å². The van der Waals surface area contributed by atoms with Crippen LogP contribution in [0.15, 0.2) is 40.9 Å². The first kappa shape index (κ1) is 20.2. The zero-order chi connectivity index (χ0) is 20.1. The number of nitrogens with one attached hydrogen (secondary N) is 1. The van der Waals surface area contributed by atoms with Crippen LogP contribution in [0.4, 0.5) is 5.13 Å². The van der Waals surface area contributed by atoms with Crippen LogP contribution in [-0.2, 0) is 4.79 Å². The van der Waals surface area contributed by atoms with Crippen LogP contribution in [0.2, 0.25) is 0 Å². The quantitative estimate of drug-likeness (QED) is 0.493. The van der Waals surface area contributed by atoms with Crippen LogP contribution in [0, 0.1) is 0 Å². The molecule has 1 aromatic heterocycles. The number of methoxy groups -OCH3 is 2. The fourth-order valence-electron chi connectivity index (χ4n) is 2.57. The van der Waals surface area contributed by atoms with Crippen molar-refractivity contribution < 1.29 is 19.0 Å². The molecule has 146 valence electrons. The second-order valence-electron chi connectivity index (χ2n) is 5.64. The number of amides is 1. The summed E-state index contributed by atoms with van der Waals surface area (Å²) < 4.78 is 17.8. The molecule has 0 aliphatic heterocycles. The van der Waals surface area contributed by atoms with Crippen LogP contribution in [0.1, 0.15) is 12.5 Å². The van der Waals surface area contributed by atoms with Crippen LogP contribution in [-0.4, -0.2) is 31.7 Å². The SMILES string of the molecule is CCOc1ccc2nc(NC(=O)/C=C/c3cc(Br)c(OC)c(OC)c3)sc2c1. The summed E-state index contributed by atoms with van der Waals surface area (Å²) in [7, 11) is 3.13. The second-order valence-corrected chi connectivity index (χ2v) is 7.53. The zero-order valence-electron chi connectivity index (χ0n) is 15.6. The number of carbonyl (C=O) groups excluding carboxylic acids is 1. The predicted molar refractivity (Wildman–Crippen MR) is 116 cm³/mol. The van der Waals surface area contributed by atoms with Gasteiger partial charge in [0.25, 0.3) is 0 Å². The van der Waals surface area contributed by atoms with Gasteiger partial charge in [0, 0.05) is 6.08 Å². The Labute approximate surface area is 175 Å². The molecule has 0 bridgehead atoms. The van der Waals surface area contributed by atoms with Gasteiger partial charge in [-0.15, -0.1) is 0 Å². The van der Waals surface area contributed by atoms with Crippen molar-refractivity contribution in [3.05, 3.63) is 46.4 Å². The standard InChI is InChI=1S/C20H19BrN2O4S/c1-4-27-13-6-7-15-17(11-13)28-20(22-15)23-18(24)8-5-12-9-14(21)19(26-3)16(10-12)25-2/h5-11H,4H2,1-3H3,(H,22,23,24)/b8-5+. The third-order valence-corrected chi connectivity index (χ3v) is 5.31. The molecular weight excluding hydrogens is 444 g/mol. The van der Waals surface area contributed by atoms with Crippen molar-refractivity contribution in [1.82, 2.24) is 4.98 Å². The molecule has 0 atom stereocenters. The third-order valence-electron chi connectivity index (χ3n) is 3.78. The second kappa shape index (κ2) is 9.07. The normalized spacial score (nSPS) is 11.0. The Morgan fingerprint density at radius 2 is 2.07 bits per heavy atom. The molecular formula is C20H19BrN2O4S. The highest BCUT2D eigenvalue weighted by molar-refractivity contribution is 9.10. The van der Waals surface area contributed by atoms with Crippen molar-refractivity contribution in [3.63, 3.8) is 0 Å². The average molecular weight is 463 g/mol. The number of carbonyl (C=O) groups is 1. The highest BCUT2D eigenvalue weighted by Crippen LogP contribution is 2.36. The maximum atomic E-state index is 12.3. The Balaban J connectivity index is 1.73. The third kappa shape index (κ3) is 4.63. The van der Waals surface area contributed by atoms with E-state index in [1.807, 2.05) is 31.2 Å². The minimum Gasteiger partial charge on any atom is -0.494 e. The van der Waals surface area contributed by atoms with Crippen molar-refractivity contribution in [2.75, 3.05) is 26.1 Å². The molecule has 1 heterocycles. The first-order chi connectivity index (χ1) is 13.5. The van der Waals surface area contributed by atoms with Gasteiger partial charge in [-0.25, -0.2) is 4.98 Å². The van der Waals surface area contributed by atoms with Crippen molar-refractivity contribution >= 4 is 54.6 Å². The Morgan fingerprint density at radius 3 is 2.79 bits per heavy atom. The van der Waals surface area contributed by atoms with Gasteiger partial charge in [0.1, 0.15) is 5.75 Å². The van der Waals surface area contributed by atoms with E-state index in [1.165, 1.54) is 17.4 Å². The van der Waals surface area contributed by atoms with Crippen LogP contribution in [0.5, 0.6) is 17.2 Å². The van der Waals surface area contributed by atoms with Crippen molar-refractivity contribution in [3.8, 4) is 17.2 Å². The van der Waals surface area contributed by atoms with Gasteiger partial charge in [-0.2, -0.15) is 0 Å². The summed E-state index contributed by atoms with van der Waals surface area (Å²) >= 11 is 4.84. The molecule has 28 heavy (non-hydrogen) atoms. The molecule has 3 rings (SSSR count). The molecule has 0 spiro atoms. The first-order valence-electron chi connectivity index (χ1n) is 8.48. The van der Waals surface area contributed by atoms with Gasteiger partial charge in [0.15, 0.2) is 16.6 Å². The fraction of sp³-hybridized carbons (Fsp3) is 0.200. The molecule has 2 aromatic carbocycles. The van der Waals surface area contributed by atoms with Gasteiger partial charge in [0.2, 0.25) is 5.91 Å². The van der Waals surface area contributed by atoms with Crippen LogP contribution in [0.3, 0.4) is 0 Å². The molecule has 0 aliphatic rings. The number of ether oxygens (including phenoxy) is 3. The number of aromatic nitrogens is 1. The van der Waals surface area contributed by atoms with Crippen molar-refractivity contribution in [1.29, 1.82) is 0 Å². The Morgan fingerprint density at radius 1 is 1.25 bits per heavy atom. The maximum Gasteiger partial charge on any atom is 0.250 e. The summed E-state index contributed by atoms with van der Waals surface area (Å²) in [5, 5.41) is 3.33. The molecule has 6 nitrogen and oxygen atoms in total. The largest absolute Gasteiger partial charge is 0.494 e. The number of hydrogen-bond donors (Lipinski definition) is 1. The molecule has 0 radical (unpaired) electrons. The van der Waals surface area contributed by atoms with Gasteiger partial charge in [-0.1, -0.05) is 11.3 Å². The Kier molecular flexibility index (Phi) is 6.53. The molecule has 0 saturated carbocycles. The summed E-state index contributed by atoms with van der Waals surface area (Å²) in [5.41, 5.74) is 1.61. The summed E-state index contributed by atoms with van der Waals surface area (Å²) in [6.07, 6.45) is 3.15. The lowest BCUT2D eigenvalue weighted by molar-refractivity contribution is -0.111. The molecule has 0 fully saturated rings. The maximum absolute atomic E-state index is 12.3. The number of anilines is 1. The Bertz CT molecular complexity index is 1030. The summed E-state index contributed by atoms with van der Waals surface area (Å²) in [6.45, 7) is 2.54. The van der Waals surface area contributed by atoms with Gasteiger partial charge in [-0.3, -0.25) is 10.1 Å².